The zero-order valence-electron chi connectivity index (χ0n) is 10.5. The van der Waals surface area contributed by atoms with Gasteiger partial charge in [0.05, 0.1) is 12.2 Å². The van der Waals surface area contributed by atoms with E-state index in [1.807, 2.05) is 26.0 Å². The Hall–Kier alpha value is -0.400. The number of hydrazone groups is 1. The van der Waals surface area contributed by atoms with Crippen LogP contribution in [0.4, 0.5) is 5.69 Å². The smallest absolute Gasteiger partial charge is 0.259 e. The number of carbonyl (C=O) groups excluding carboxylic acids is 1. The molecule has 0 aliphatic carbocycles. The molecular weight excluding hydrogens is 442 g/mol. The molecule has 0 saturated carbocycles. The van der Waals surface area contributed by atoms with Crippen LogP contribution in [0.5, 0.6) is 0 Å². The summed E-state index contributed by atoms with van der Waals surface area (Å²) >= 11 is 10.3. The Kier molecular flexibility index (Phi) is 7.02. The van der Waals surface area contributed by atoms with Gasteiger partial charge in [-0.3, -0.25) is 4.79 Å². The van der Waals surface area contributed by atoms with Crippen LogP contribution in [0.3, 0.4) is 0 Å². The van der Waals surface area contributed by atoms with Crippen molar-refractivity contribution in [1.82, 2.24) is 5.43 Å². The normalized spacial score (nSPS) is 11.1. The van der Waals surface area contributed by atoms with E-state index in [1.165, 1.54) is 0 Å². The van der Waals surface area contributed by atoms with Crippen molar-refractivity contribution in [2.75, 3.05) is 11.9 Å². The predicted molar refractivity (Wildman–Crippen MR) is 89.5 cm³/mol. The van der Waals surface area contributed by atoms with Crippen LogP contribution in [0.1, 0.15) is 13.8 Å². The third-order valence-corrected chi connectivity index (χ3v) is 3.70. The highest BCUT2D eigenvalue weighted by molar-refractivity contribution is 9.11. The maximum Gasteiger partial charge on any atom is 0.259 e. The highest BCUT2D eigenvalue weighted by Crippen LogP contribution is 2.34. The summed E-state index contributed by atoms with van der Waals surface area (Å²) < 4.78 is 2.68. The minimum Gasteiger partial charge on any atom is -0.374 e. The molecule has 0 radical (unpaired) electrons. The number of rotatable bonds is 5. The molecule has 0 aromatic heterocycles. The van der Waals surface area contributed by atoms with Gasteiger partial charge in [-0.2, -0.15) is 5.10 Å². The summed E-state index contributed by atoms with van der Waals surface area (Å²) in [6, 6.07) is 3.81. The van der Waals surface area contributed by atoms with Crippen LogP contribution >= 0.6 is 47.8 Å². The third-order valence-electron chi connectivity index (χ3n) is 1.99. The van der Waals surface area contributed by atoms with E-state index in [0.717, 1.165) is 19.1 Å². The number of hydrogen-bond acceptors (Lipinski definition) is 3. The van der Waals surface area contributed by atoms with Crippen LogP contribution in [-0.4, -0.2) is 18.7 Å². The van der Waals surface area contributed by atoms with Crippen LogP contribution in [0.15, 0.2) is 30.7 Å². The van der Waals surface area contributed by atoms with Gasteiger partial charge < -0.3 is 5.32 Å². The number of nitrogens with zero attached hydrogens (tertiary/aromatic N) is 1. The van der Waals surface area contributed by atoms with Gasteiger partial charge in [0.1, 0.15) is 0 Å². The lowest BCUT2D eigenvalue weighted by Gasteiger charge is -2.10. The van der Waals surface area contributed by atoms with E-state index in [2.05, 4.69) is 63.6 Å². The molecule has 104 valence electrons. The second-order valence-electron chi connectivity index (χ2n) is 4.16. The first kappa shape index (κ1) is 16.7. The number of hydrogen-bond donors (Lipinski definition) is 2. The Morgan fingerprint density at radius 2 is 1.89 bits per heavy atom. The number of benzene rings is 1. The Labute approximate surface area is 137 Å². The highest BCUT2D eigenvalue weighted by Gasteiger charge is 2.08. The summed E-state index contributed by atoms with van der Waals surface area (Å²) in [4.78, 5) is 11.6. The number of halogens is 3. The Morgan fingerprint density at radius 3 is 2.42 bits per heavy atom. The minimum absolute atomic E-state index is 0.147. The molecule has 0 saturated heterocycles. The zero-order chi connectivity index (χ0) is 14.4. The summed E-state index contributed by atoms with van der Waals surface area (Å²) in [5, 5.41) is 6.89. The molecule has 1 amide bonds. The second-order valence-corrected chi connectivity index (χ2v) is 6.78. The van der Waals surface area contributed by atoms with Crippen LogP contribution < -0.4 is 10.7 Å². The van der Waals surface area contributed by atoms with Crippen molar-refractivity contribution >= 4 is 65.6 Å². The standard InChI is InChI=1S/C12H14Br3N3O/c1-7(2)5-17-18-11(19)6-16-12-9(14)3-8(13)4-10(12)15/h3-5,7,16H,6H2,1-2H3,(H,18,19). The van der Waals surface area contributed by atoms with Crippen molar-refractivity contribution in [3.8, 4) is 0 Å². The van der Waals surface area contributed by atoms with Crippen LogP contribution in [0, 0.1) is 5.92 Å². The van der Waals surface area contributed by atoms with E-state index in [0.29, 0.717) is 5.92 Å². The van der Waals surface area contributed by atoms with Gasteiger partial charge in [-0.25, -0.2) is 5.43 Å². The average Bonchev–Trinajstić information content (AvgIpc) is 2.26. The molecule has 0 bridgehead atoms. The molecule has 4 nitrogen and oxygen atoms in total. The van der Waals surface area contributed by atoms with Gasteiger partial charge in [0.25, 0.3) is 5.91 Å². The van der Waals surface area contributed by atoms with Crippen LogP contribution in [0.25, 0.3) is 0 Å². The van der Waals surface area contributed by atoms with E-state index in [9.17, 15) is 4.79 Å². The highest BCUT2D eigenvalue weighted by atomic mass is 79.9. The van der Waals surface area contributed by atoms with Crippen molar-refractivity contribution in [1.29, 1.82) is 0 Å². The van der Waals surface area contributed by atoms with E-state index in [1.54, 1.807) is 6.21 Å². The van der Waals surface area contributed by atoms with Crippen LogP contribution in [-0.2, 0) is 4.79 Å². The molecule has 0 aliphatic heterocycles. The largest absolute Gasteiger partial charge is 0.374 e. The fourth-order valence-electron chi connectivity index (χ4n) is 1.18. The summed E-state index contributed by atoms with van der Waals surface area (Å²) in [5.41, 5.74) is 3.29. The van der Waals surface area contributed by atoms with Crippen LogP contribution in [0.2, 0.25) is 0 Å². The average molecular weight is 456 g/mol. The fraction of sp³-hybridized carbons (Fsp3) is 0.333. The molecule has 19 heavy (non-hydrogen) atoms. The monoisotopic (exact) mass is 453 g/mol. The molecule has 1 aromatic rings. The molecule has 0 spiro atoms. The van der Waals surface area contributed by atoms with Crippen molar-refractivity contribution in [3.63, 3.8) is 0 Å². The SMILES string of the molecule is CC(C)C=NNC(=O)CNc1c(Br)cc(Br)cc1Br. The fourth-order valence-corrected chi connectivity index (χ4v) is 3.72. The maximum absolute atomic E-state index is 11.6. The Bertz CT molecular complexity index is 466. The van der Waals surface area contributed by atoms with Crippen molar-refractivity contribution in [2.45, 2.75) is 13.8 Å². The van der Waals surface area contributed by atoms with E-state index >= 15 is 0 Å². The summed E-state index contributed by atoms with van der Waals surface area (Å²) in [7, 11) is 0. The summed E-state index contributed by atoms with van der Waals surface area (Å²) in [6.45, 7) is 4.13. The predicted octanol–water partition coefficient (Wildman–Crippen LogP) is 4.14. The Morgan fingerprint density at radius 1 is 1.32 bits per heavy atom. The molecule has 1 aromatic carbocycles. The van der Waals surface area contributed by atoms with Gasteiger partial charge >= 0.3 is 0 Å². The summed E-state index contributed by atoms with van der Waals surface area (Å²) in [6.07, 6.45) is 1.68. The quantitative estimate of drug-likeness (QED) is 0.517. The second kappa shape index (κ2) is 8.01. The molecule has 7 heteroatoms. The first-order valence-electron chi connectivity index (χ1n) is 5.60. The zero-order valence-corrected chi connectivity index (χ0v) is 15.3. The molecule has 2 N–H and O–H groups in total. The first-order valence-corrected chi connectivity index (χ1v) is 7.98. The lowest BCUT2D eigenvalue weighted by molar-refractivity contribution is -0.119. The molecule has 1 rings (SSSR count). The molecule has 0 heterocycles. The Balaban J connectivity index is 2.55. The van der Waals surface area contributed by atoms with E-state index < -0.39 is 0 Å². The summed E-state index contributed by atoms with van der Waals surface area (Å²) in [5.74, 6) is 0.113. The molecule has 0 fully saturated rings. The van der Waals surface area contributed by atoms with Crippen molar-refractivity contribution < 1.29 is 4.79 Å². The topological polar surface area (TPSA) is 53.5 Å². The molecule has 0 unspecified atom stereocenters. The van der Waals surface area contributed by atoms with Gasteiger partial charge in [-0.15, -0.1) is 0 Å². The first-order chi connectivity index (χ1) is 8.90. The lowest BCUT2D eigenvalue weighted by atomic mass is 10.3. The number of anilines is 1. The van der Waals surface area contributed by atoms with E-state index in [-0.39, 0.29) is 12.5 Å². The van der Waals surface area contributed by atoms with Crippen molar-refractivity contribution in [2.24, 2.45) is 11.0 Å². The lowest BCUT2D eigenvalue weighted by Crippen LogP contribution is -2.26. The minimum atomic E-state index is -0.196. The van der Waals surface area contributed by atoms with Gasteiger partial charge in [0.15, 0.2) is 0 Å². The third kappa shape index (κ3) is 6.05. The van der Waals surface area contributed by atoms with Crippen molar-refractivity contribution in [3.05, 3.63) is 25.6 Å². The van der Waals surface area contributed by atoms with Gasteiger partial charge in [0, 0.05) is 19.6 Å². The van der Waals surface area contributed by atoms with Gasteiger partial charge in [0.2, 0.25) is 0 Å². The van der Waals surface area contributed by atoms with Gasteiger partial charge in [-0.1, -0.05) is 29.8 Å². The van der Waals surface area contributed by atoms with E-state index in [4.69, 9.17) is 0 Å². The number of nitrogens with one attached hydrogen (secondary N) is 2. The molecule has 0 atom stereocenters. The number of carbonyl (C=O) groups is 1. The van der Waals surface area contributed by atoms with Gasteiger partial charge in [-0.05, 0) is 49.9 Å². The maximum atomic E-state index is 11.6. The number of amides is 1. The molecular formula is C12H14Br3N3O. The molecule has 0 aliphatic rings.